The molecule has 3 aromatic rings. The second-order valence-corrected chi connectivity index (χ2v) is 6.93. The van der Waals surface area contributed by atoms with Gasteiger partial charge in [0.05, 0.1) is 17.3 Å². The number of aromatic nitrogens is 3. The Morgan fingerprint density at radius 1 is 1.19 bits per heavy atom. The van der Waals surface area contributed by atoms with Crippen LogP contribution in [0, 0.1) is 11.3 Å². The van der Waals surface area contributed by atoms with Crippen LogP contribution in [-0.4, -0.2) is 39.5 Å². The maximum atomic E-state index is 13.1. The van der Waals surface area contributed by atoms with E-state index in [9.17, 15) is 10.1 Å². The molecule has 0 saturated heterocycles. The molecule has 2 aromatic carbocycles. The summed E-state index contributed by atoms with van der Waals surface area (Å²) in [5.41, 5.74) is 1.16. The average Bonchev–Trinajstić information content (AvgIpc) is 3.03. The average molecular weight is 400 g/mol. The van der Waals surface area contributed by atoms with Crippen molar-refractivity contribution in [3.8, 4) is 11.8 Å². The van der Waals surface area contributed by atoms with Crippen LogP contribution in [0.5, 0.6) is 0 Å². The summed E-state index contributed by atoms with van der Waals surface area (Å²) in [4.78, 5) is 19.3. The van der Waals surface area contributed by atoms with Gasteiger partial charge in [-0.25, -0.2) is 9.67 Å². The molecule has 0 unspecified atom stereocenters. The molecule has 27 heavy (non-hydrogen) atoms. The molecule has 0 N–H and O–H groups in total. The minimum absolute atomic E-state index is 0.0259. The number of halogens is 2. The van der Waals surface area contributed by atoms with Crippen LogP contribution in [0.3, 0.4) is 0 Å². The second-order valence-electron chi connectivity index (χ2n) is 6.08. The van der Waals surface area contributed by atoms with Crippen LogP contribution in [0.25, 0.3) is 5.69 Å². The standard InChI is InChI=1S/C19H15Cl2N5O/c1-25(2)11-18-23-17(10-22)24-26(18)16-8-7-12(20)9-14(16)19(27)13-5-3-4-6-15(13)21/h3-9H,11H2,1-2H3. The number of carbonyl (C=O) groups is 1. The molecule has 0 saturated carbocycles. The topological polar surface area (TPSA) is 74.8 Å². The van der Waals surface area contributed by atoms with Crippen LogP contribution in [0.15, 0.2) is 42.5 Å². The Kier molecular flexibility index (Phi) is 5.57. The van der Waals surface area contributed by atoms with Crippen LogP contribution in [-0.2, 0) is 6.54 Å². The Morgan fingerprint density at radius 3 is 2.59 bits per heavy atom. The zero-order valence-corrected chi connectivity index (χ0v) is 16.2. The zero-order chi connectivity index (χ0) is 19.6. The summed E-state index contributed by atoms with van der Waals surface area (Å²) in [6.45, 7) is 0.441. The molecule has 0 aliphatic rings. The van der Waals surface area contributed by atoms with Gasteiger partial charge in [0.15, 0.2) is 5.78 Å². The van der Waals surface area contributed by atoms with Crippen LogP contribution >= 0.6 is 23.2 Å². The van der Waals surface area contributed by atoms with Gasteiger partial charge < -0.3 is 4.90 Å². The van der Waals surface area contributed by atoms with Crippen molar-refractivity contribution in [2.75, 3.05) is 14.1 Å². The summed E-state index contributed by atoms with van der Waals surface area (Å²) in [5.74, 6) is 0.271. The van der Waals surface area contributed by atoms with Crippen LogP contribution in [0.1, 0.15) is 27.6 Å². The molecule has 0 spiro atoms. The van der Waals surface area contributed by atoms with Crippen LogP contribution in [0.2, 0.25) is 10.0 Å². The molecule has 0 radical (unpaired) electrons. The molecule has 0 atom stereocenters. The minimum atomic E-state index is -0.289. The van der Waals surface area contributed by atoms with Gasteiger partial charge in [-0.3, -0.25) is 4.79 Å². The third-order valence-corrected chi connectivity index (χ3v) is 4.35. The molecule has 1 aromatic heterocycles. The van der Waals surface area contributed by atoms with Gasteiger partial charge in [0.1, 0.15) is 11.9 Å². The van der Waals surface area contributed by atoms with Gasteiger partial charge in [-0.1, -0.05) is 35.3 Å². The molecular formula is C19H15Cl2N5O. The molecule has 6 nitrogen and oxygen atoms in total. The highest BCUT2D eigenvalue weighted by Crippen LogP contribution is 2.26. The van der Waals surface area contributed by atoms with Gasteiger partial charge in [-0.2, -0.15) is 5.26 Å². The van der Waals surface area contributed by atoms with Gasteiger partial charge >= 0.3 is 0 Å². The first-order chi connectivity index (χ1) is 12.9. The summed E-state index contributed by atoms with van der Waals surface area (Å²) in [6, 6.07) is 13.6. The number of ketones is 1. The molecule has 136 valence electrons. The number of carbonyl (C=O) groups excluding carboxylic acids is 1. The molecular weight excluding hydrogens is 385 g/mol. The Labute approximate surface area is 166 Å². The predicted molar refractivity (Wildman–Crippen MR) is 103 cm³/mol. The number of hydrogen-bond donors (Lipinski definition) is 0. The van der Waals surface area contributed by atoms with Crippen LogP contribution in [0.4, 0.5) is 0 Å². The van der Waals surface area contributed by atoms with E-state index >= 15 is 0 Å². The summed E-state index contributed by atoms with van der Waals surface area (Å²) in [5, 5.41) is 14.2. The fourth-order valence-corrected chi connectivity index (χ4v) is 3.03. The lowest BCUT2D eigenvalue weighted by atomic mass is 10.0. The van der Waals surface area contributed by atoms with Crippen LogP contribution < -0.4 is 0 Å². The third-order valence-electron chi connectivity index (χ3n) is 3.78. The molecule has 0 aliphatic heterocycles. The quantitative estimate of drug-likeness (QED) is 0.610. The number of rotatable bonds is 5. The lowest BCUT2D eigenvalue weighted by Gasteiger charge is -2.14. The van der Waals surface area contributed by atoms with E-state index in [2.05, 4.69) is 10.1 Å². The fraction of sp³-hybridized carbons (Fsp3) is 0.158. The normalized spacial score (nSPS) is 10.8. The highest BCUT2D eigenvalue weighted by atomic mass is 35.5. The van der Waals surface area contributed by atoms with Crippen molar-refractivity contribution in [1.82, 2.24) is 19.7 Å². The van der Waals surface area contributed by atoms with E-state index in [1.807, 2.05) is 25.1 Å². The van der Waals surface area contributed by atoms with Gasteiger partial charge in [0, 0.05) is 16.1 Å². The SMILES string of the molecule is CN(C)Cc1nc(C#N)nn1-c1ccc(Cl)cc1C(=O)c1ccccc1Cl. The lowest BCUT2D eigenvalue weighted by molar-refractivity contribution is 0.103. The van der Waals surface area contributed by atoms with E-state index in [0.717, 1.165) is 0 Å². The van der Waals surface area contributed by atoms with Crippen molar-refractivity contribution < 1.29 is 4.79 Å². The van der Waals surface area contributed by atoms with E-state index in [-0.39, 0.29) is 11.6 Å². The van der Waals surface area contributed by atoms with Crippen molar-refractivity contribution in [2.24, 2.45) is 0 Å². The van der Waals surface area contributed by atoms with E-state index in [1.165, 1.54) is 4.68 Å². The first kappa shape index (κ1) is 19.1. The molecule has 0 fully saturated rings. The fourth-order valence-electron chi connectivity index (χ4n) is 2.64. The molecule has 3 rings (SSSR count). The number of nitrogens with zero attached hydrogens (tertiary/aromatic N) is 5. The zero-order valence-electron chi connectivity index (χ0n) is 14.6. The van der Waals surface area contributed by atoms with Gasteiger partial charge in [0.25, 0.3) is 5.82 Å². The molecule has 1 heterocycles. The van der Waals surface area contributed by atoms with Crippen molar-refractivity contribution in [1.29, 1.82) is 5.26 Å². The Balaban J connectivity index is 2.19. The highest BCUT2D eigenvalue weighted by Gasteiger charge is 2.21. The van der Waals surface area contributed by atoms with Crippen molar-refractivity contribution >= 4 is 29.0 Å². The molecule has 0 aliphatic carbocycles. The summed E-state index contributed by atoms with van der Waals surface area (Å²) >= 11 is 12.3. The molecule has 0 bridgehead atoms. The number of benzene rings is 2. The summed E-state index contributed by atoms with van der Waals surface area (Å²) < 4.78 is 1.50. The summed E-state index contributed by atoms with van der Waals surface area (Å²) in [7, 11) is 3.76. The first-order valence-electron chi connectivity index (χ1n) is 8.00. The largest absolute Gasteiger partial charge is 0.302 e. The summed E-state index contributed by atoms with van der Waals surface area (Å²) in [6.07, 6.45) is 0. The molecule has 8 heteroatoms. The predicted octanol–water partition coefficient (Wildman–Crippen LogP) is 3.74. The van der Waals surface area contributed by atoms with Gasteiger partial charge in [0.2, 0.25) is 0 Å². The second kappa shape index (κ2) is 7.89. The van der Waals surface area contributed by atoms with Crippen molar-refractivity contribution in [3.63, 3.8) is 0 Å². The Morgan fingerprint density at radius 2 is 1.93 bits per heavy atom. The minimum Gasteiger partial charge on any atom is -0.302 e. The van der Waals surface area contributed by atoms with E-state index < -0.39 is 0 Å². The van der Waals surface area contributed by atoms with Crippen molar-refractivity contribution in [2.45, 2.75) is 6.54 Å². The van der Waals surface area contributed by atoms with Gasteiger partial charge in [-0.05, 0) is 44.4 Å². The molecule has 0 amide bonds. The first-order valence-corrected chi connectivity index (χ1v) is 8.76. The Hall–Kier alpha value is -2.72. The van der Waals surface area contributed by atoms with Gasteiger partial charge in [-0.15, -0.1) is 5.10 Å². The Bertz CT molecular complexity index is 1050. The maximum absolute atomic E-state index is 13.1. The monoisotopic (exact) mass is 399 g/mol. The van der Waals surface area contributed by atoms with E-state index in [4.69, 9.17) is 23.2 Å². The smallest absolute Gasteiger partial charge is 0.252 e. The van der Waals surface area contributed by atoms with E-state index in [0.29, 0.717) is 39.2 Å². The third kappa shape index (κ3) is 4.01. The van der Waals surface area contributed by atoms with E-state index in [1.54, 1.807) is 42.5 Å². The lowest BCUT2D eigenvalue weighted by Crippen LogP contribution is -2.17. The number of hydrogen-bond acceptors (Lipinski definition) is 5. The maximum Gasteiger partial charge on any atom is 0.252 e. The highest BCUT2D eigenvalue weighted by molar-refractivity contribution is 6.35. The number of nitriles is 1. The van der Waals surface area contributed by atoms with Crippen molar-refractivity contribution in [3.05, 3.63) is 75.3 Å².